The van der Waals surface area contributed by atoms with Gasteiger partial charge in [0.25, 0.3) is 0 Å². The zero-order chi connectivity index (χ0) is 14.8. The fourth-order valence-electron chi connectivity index (χ4n) is 2.45. The average molecular weight is 305 g/mol. The third-order valence-corrected chi connectivity index (χ3v) is 3.86. The molecule has 0 aliphatic carbocycles. The fourth-order valence-corrected chi connectivity index (χ4v) is 2.64. The van der Waals surface area contributed by atoms with Crippen LogP contribution in [0.3, 0.4) is 0 Å². The standard InChI is InChI=1S/C16H14ClFN2O/c17-12-6-3-5-11(15(12)18)9-19-16(21)14-8-10-4-1-2-7-13(10)20-14/h1-7,14,20H,8-9H2,(H,19,21). The number of rotatable bonds is 3. The number of amides is 1. The second-order valence-corrected chi connectivity index (χ2v) is 5.40. The van der Waals surface area contributed by atoms with E-state index in [9.17, 15) is 9.18 Å². The molecule has 1 unspecified atom stereocenters. The van der Waals surface area contributed by atoms with E-state index in [1.807, 2.05) is 24.3 Å². The number of carbonyl (C=O) groups excluding carboxylic acids is 1. The summed E-state index contributed by atoms with van der Waals surface area (Å²) in [5, 5.41) is 5.97. The van der Waals surface area contributed by atoms with Gasteiger partial charge in [-0.2, -0.15) is 0 Å². The van der Waals surface area contributed by atoms with Crippen molar-refractivity contribution in [3.8, 4) is 0 Å². The lowest BCUT2D eigenvalue weighted by atomic mass is 10.1. The molecule has 0 saturated carbocycles. The Hall–Kier alpha value is -2.07. The molecule has 1 aliphatic heterocycles. The van der Waals surface area contributed by atoms with Crippen molar-refractivity contribution < 1.29 is 9.18 Å². The Bertz CT molecular complexity index is 665. The summed E-state index contributed by atoms with van der Waals surface area (Å²) in [4.78, 5) is 12.2. The Balaban J connectivity index is 1.62. The number of benzene rings is 2. The maximum atomic E-state index is 13.7. The normalized spacial score (nSPS) is 16.2. The van der Waals surface area contributed by atoms with Crippen LogP contribution in [0, 0.1) is 5.82 Å². The summed E-state index contributed by atoms with van der Waals surface area (Å²) in [6.07, 6.45) is 0.639. The highest BCUT2D eigenvalue weighted by molar-refractivity contribution is 6.30. The van der Waals surface area contributed by atoms with Crippen LogP contribution in [-0.4, -0.2) is 11.9 Å². The number of carbonyl (C=O) groups is 1. The van der Waals surface area contributed by atoms with Crippen molar-refractivity contribution in [1.29, 1.82) is 0 Å². The summed E-state index contributed by atoms with van der Waals surface area (Å²) in [5.74, 6) is -0.632. The van der Waals surface area contributed by atoms with Crippen molar-refractivity contribution in [2.75, 3.05) is 5.32 Å². The lowest BCUT2D eigenvalue weighted by molar-refractivity contribution is -0.121. The van der Waals surface area contributed by atoms with E-state index < -0.39 is 5.82 Å². The third-order valence-electron chi connectivity index (χ3n) is 3.57. The molecule has 1 aliphatic rings. The van der Waals surface area contributed by atoms with E-state index in [2.05, 4.69) is 10.6 Å². The van der Waals surface area contributed by atoms with Gasteiger partial charge in [-0.25, -0.2) is 4.39 Å². The van der Waals surface area contributed by atoms with Gasteiger partial charge in [-0.15, -0.1) is 0 Å². The van der Waals surface area contributed by atoms with Gasteiger partial charge in [0.05, 0.1) is 5.02 Å². The second kappa shape index (κ2) is 5.74. The molecule has 5 heteroatoms. The molecule has 3 nitrogen and oxygen atoms in total. The molecule has 0 radical (unpaired) electrons. The summed E-state index contributed by atoms with van der Waals surface area (Å²) in [6, 6.07) is 12.2. The molecule has 2 aromatic rings. The van der Waals surface area contributed by atoms with Crippen LogP contribution in [0.5, 0.6) is 0 Å². The molecule has 108 valence electrons. The minimum Gasteiger partial charge on any atom is -0.373 e. The van der Waals surface area contributed by atoms with Crippen LogP contribution in [0.2, 0.25) is 5.02 Å². The quantitative estimate of drug-likeness (QED) is 0.914. The fraction of sp³-hybridized carbons (Fsp3) is 0.188. The zero-order valence-electron chi connectivity index (χ0n) is 11.2. The minimum absolute atomic E-state index is 0.0631. The van der Waals surface area contributed by atoms with Gasteiger partial charge in [-0.05, 0) is 17.7 Å². The number of fused-ring (bicyclic) bond motifs is 1. The maximum Gasteiger partial charge on any atom is 0.243 e. The Morgan fingerprint density at radius 3 is 2.90 bits per heavy atom. The molecule has 1 atom stereocenters. The van der Waals surface area contributed by atoms with Gasteiger partial charge in [-0.3, -0.25) is 4.79 Å². The second-order valence-electron chi connectivity index (χ2n) is 4.99. The number of nitrogens with one attached hydrogen (secondary N) is 2. The van der Waals surface area contributed by atoms with E-state index >= 15 is 0 Å². The van der Waals surface area contributed by atoms with E-state index in [4.69, 9.17) is 11.6 Å². The van der Waals surface area contributed by atoms with Gasteiger partial charge in [0.15, 0.2) is 0 Å². The van der Waals surface area contributed by atoms with Crippen LogP contribution in [0.25, 0.3) is 0 Å². The van der Waals surface area contributed by atoms with E-state index in [0.717, 1.165) is 11.3 Å². The lowest BCUT2D eigenvalue weighted by Crippen LogP contribution is -2.38. The van der Waals surface area contributed by atoms with Crippen LogP contribution in [0.4, 0.5) is 10.1 Å². The predicted octanol–water partition coefficient (Wildman–Crippen LogP) is 3.13. The Morgan fingerprint density at radius 1 is 1.29 bits per heavy atom. The highest BCUT2D eigenvalue weighted by Gasteiger charge is 2.26. The maximum absolute atomic E-state index is 13.7. The number of anilines is 1. The van der Waals surface area contributed by atoms with Crippen LogP contribution in [-0.2, 0) is 17.8 Å². The van der Waals surface area contributed by atoms with Crippen molar-refractivity contribution >= 4 is 23.2 Å². The van der Waals surface area contributed by atoms with E-state index in [1.54, 1.807) is 12.1 Å². The topological polar surface area (TPSA) is 41.1 Å². The first kappa shape index (κ1) is 13.9. The van der Waals surface area contributed by atoms with Crippen LogP contribution < -0.4 is 10.6 Å². The third kappa shape index (κ3) is 2.85. The smallest absolute Gasteiger partial charge is 0.243 e. The molecule has 21 heavy (non-hydrogen) atoms. The minimum atomic E-state index is -0.484. The molecule has 0 aromatic heterocycles. The SMILES string of the molecule is O=C(NCc1cccc(Cl)c1F)C1Cc2ccccc2N1. The van der Waals surface area contributed by atoms with E-state index in [1.165, 1.54) is 6.07 Å². The summed E-state index contributed by atoms with van der Waals surface area (Å²) in [7, 11) is 0. The van der Waals surface area contributed by atoms with E-state index in [0.29, 0.717) is 12.0 Å². The zero-order valence-corrected chi connectivity index (χ0v) is 12.0. The molecule has 2 aromatic carbocycles. The average Bonchev–Trinajstić information content (AvgIpc) is 2.92. The van der Waals surface area contributed by atoms with Crippen LogP contribution in [0.15, 0.2) is 42.5 Å². The monoisotopic (exact) mass is 304 g/mol. The van der Waals surface area contributed by atoms with Crippen molar-refractivity contribution in [1.82, 2.24) is 5.32 Å². The predicted molar refractivity (Wildman–Crippen MR) is 80.8 cm³/mol. The number of halogens is 2. The first-order chi connectivity index (χ1) is 10.1. The summed E-state index contributed by atoms with van der Waals surface area (Å²) >= 11 is 5.72. The van der Waals surface area contributed by atoms with Gasteiger partial charge in [0.2, 0.25) is 5.91 Å². The molecule has 1 amide bonds. The van der Waals surface area contributed by atoms with Gasteiger partial charge < -0.3 is 10.6 Å². The molecule has 0 saturated heterocycles. The first-order valence-electron chi connectivity index (χ1n) is 6.70. The summed E-state index contributed by atoms with van der Waals surface area (Å²) in [6.45, 7) is 0.125. The van der Waals surface area contributed by atoms with Crippen LogP contribution >= 0.6 is 11.6 Å². The Morgan fingerprint density at radius 2 is 2.10 bits per heavy atom. The highest BCUT2D eigenvalue weighted by Crippen LogP contribution is 2.25. The summed E-state index contributed by atoms with van der Waals surface area (Å²) < 4.78 is 13.7. The number of para-hydroxylation sites is 1. The van der Waals surface area contributed by atoms with Crippen molar-refractivity contribution in [2.45, 2.75) is 19.0 Å². The van der Waals surface area contributed by atoms with Gasteiger partial charge >= 0.3 is 0 Å². The lowest BCUT2D eigenvalue weighted by Gasteiger charge is -2.12. The van der Waals surface area contributed by atoms with Crippen molar-refractivity contribution in [2.24, 2.45) is 0 Å². The highest BCUT2D eigenvalue weighted by atomic mass is 35.5. The van der Waals surface area contributed by atoms with E-state index in [-0.39, 0.29) is 23.5 Å². The molecule has 3 rings (SSSR count). The molecule has 0 bridgehead atoms. The van der Waals surface area contributed by atoms with Crippen LogP contribution in [0.1, 0.15) is 11.1 Å². The van der Waals surface area contributed by atoms with Crippen molar-refractivity contribution in [3.63, 3.8) is 0 Å². The Labute approximate surface area is 127 Å². The van der Waals surface area contributed by atoms with Gasteiger partial charge in [0.1, 0.15) is 11.9 Å². The molecular weight excluding hydrogens is 291 g/mol. The number of hydrogen-bond acceptors (Lipinski definition) is 2. The Kier molecular flexibility index (Phi) is 3.80. The molecular formula is C16H14ClFN2O. The largest absolute Gasteiger partial charge is 0.373 e. The first-order valence-corrected chi connectivity index (χ1v) is 7.08. The molecule has 0 spiro atoms. The molecule has 0 fully saturated rings. The number of hydrogen-bond donors (Lipinski definition) is 2. The molecule has 1 heterocycles. The molecule has 2 N–H and O–H groups in total. The van der Waals surface area contributed by atoms with Gasteiger partial charge in [-0.1, -0.05) is 41.9 Å². The van der Waals surface area contributed by atoms with Gasteiger partial charge in [0, 0.05) is 24.2 Å². The summed E-state index contributed by atoms with van der Waals surface area (Å²) in [5.41, 5.74) is 2.48. The van der Waals surface area contributed by atoms with Crippen molar-refractivity contribution in [3.05, 3.63) is 64.4 Å².